The molecule has 32 heavy (non-hydrogen) atoms. The zero-order valence-electron chi connectivity index (χ0n) is 19.8. The molecule has 4 N–H and O–H groups in total. The van der Waals surface area contributed by atoms with Crippen molar-refractivity contribution in [2.45, 2.75) is 122 Å². The molecule has 0 bridgehead atoms. The monoisotopic (exact) mass is 456 g/mol. The fourth-order valence-electron chi connectivity index (χ4n) is 3.48. The number of hydrogen-bond acceptors (Lipinski definition) is 4. The third-order valence-electron chi connectivity index (χ3n) is 5.41. The Morgan fingerprint density at radius 3 is 1.56 bits per heavy atom. The van der Waals surface area contributed by atoms with E-state index >= 15 is 0 Å². The predicted octanol–water partition coefficient (Wildman–Crippen LogP) is 4.41. The molecule has 0 aromatic carbocycles. The summed E-state index contributed by atoms with van der Waals surface area (Å²) in [5.74, 6) is -2.28. The summed E-state index contributed by atoms with van der Waals surface area (Å²) in [7, 11) is 0. The van der Waals surface area contributed by atoms with Gasteiger partial charge < -0.3 is 20.8 Å². The first-order valence-electron chi connectivity index (χ1n) is 12.4. The molecule has 2 amide bonds. The number of hydrogen-bond donors (Lipinski definition) is 4. The van der Waals surface area contributed by atoms with Crippen molar-refractivity contribution in [3.8, 4) is 0 Å². The van der Waals surface area contributed by atoms with Crippen LogP contribution in [0.5, 0.6) is 0 Å². The van der Waals surface area contributed by atoms with Crippen molar-refractivity contribution in [2.24, 2.45) is 0 Å². The lowest BCUT2D eigenvalue weighted by Crippen LogP contribution is -2.41. The molecule has 0 aromatic heterocycles. The van der Waals surface area contributed by atoms with Crippen molar-refractivity contribution >= 4 is 23.8 Å². The van der Waals surface area contributed by atoms with Crippen LogP contribution < -0.4 is 10.6 Å². The lowest BCUT2D eigenvalue weighted by atomic mass is 10.0. The second-order valence-corrected chi connectivity index (χ2v) is 8.48. The standard InChI is InChI=1S/C24H44N2O6/c1-2-19-25-21(27)18-17-20(24(31)32)26-22(28)15-13-11-9-7-5-3-4-6-8-10-12-14-16-23(29)30/h20H,2-19H2,1H3,(H,25,27)(H,26,28)(H,29,30)(H,31,32)/t20-/m0/s1. The fraction of sp³-hybridized carbons (Fsp3) is 0.833. The van der Waals surface area contributed by atoms with Crippen LogP contribution in [0.4, 0.5) is 0 Å². The van der Waals surface area contributed by atoms with Crippen LogP contribution in [0, 0.1) is 0 Å². The molecule has 0 unspecified atom stereocenters. The highest BCUT2D eigenvalue weighted by Crippen LogP contribution is 2.13. The number of carbonyl (C=O) groups is 4. The molecular formula is C24H44N2O6. The summed E-state index contributed by atoms with van der Waals surface area (Å²) in [4.78, 5) is 45.3. The zero-order chi connectivity index (χ0) is 24.0. The fourth-order valence-corrected chi connectivity index (χ4v) is 3.48. The second-order valence-electron chi connectivity index (χ2n) is 8.48. The van der Waals surface area contributed by atoms with Crippen LogP contribution in [0.3, 0.4) is 0 Å². The number of carbonyl (C=O) groups excluding carboxylic acids is 2. The van der Waals surface area contributed by atoms with Crippen LogP contribution in [0.2, 0.25) is 0 Å². The number of nitrogens with one attached hydrogen (secondary N) is 2. The van der Waals surface area contributed by atoms with Gasteiger partial charge >= 0.3 is 11.9 Å². The van der Waals surface area contributed by atoms with Crippen molar-refractivity contribution in [3.05, 3.63) is 0 Å². The van der Waals surface area contributed by atoms with E-state index in [9.17, 15) is 24.3 Å². The number of carboxylic acids is 2. The highest BCUT2D eigenvalue weighted by molar-refractivity contribution is 5.84. The van der Waals surface area contributed by atoms with Gasteiger partial charge in [0.25, 0.3) is 0 Å². The molecule has 0 radical (unpaired) electrons. The Labute approximate surface area is 192 Å². The Hall–Kier alpha value is -2.12. The van der Waals surface area contributed by atoms with Crippen molar-refractivity contribution in [1.82, 2.24) is 10.6 Å². The SMILES string of the molecule is CCCNC(=O)CC[C@H](NC(=O)CCCCCCCCCCCCCCC(=O)O)C(=O)O. The van der Waals surface area contributed by atoms with Gasteiger partial charge in [0.05, 0.1) is 0 Å². The summed E-state index contributed by atoms with van der Waals surface area (Å²) in [6.07, 6.45) is 14.4. The molecule has 0 aliphatic carbocycles. The van der Waals surface area contributed by atoms with Gasteiger partial charge in [0.1, 0.15) is 6.04 Å². The van der Waals surface area contributed by atoms with Gasteiger partial charge in [-0.2, -0.15) is 0 Å². The van der Waals surface area contributed by atoms with Gasteiger partial charge in [0.15, 0.2) is 0 Å². The summed E-state index contributed by atoms with van der Waals surface area (Å²) >= 11 is 0. The summed E-state index contributed by atoms with van der Waals surface area (Å²) in [6.45, 7) is 2.51. The quantitative estimate of drug-likeness (QED) is 0.178. The molecular weight excluding hydrogens is 412 g/mol. The lowest BCUT2D eigenvalue weighted by Gasteiger charge is -2.14. The Bertz CT molecular complexity index is 539. The third-order valence-corrected chi connectivity index (χ3v) is 5.41. The van der Waals surface area contributed by atoms with Gasteiger partial charge in [0, 0.05) is 25.8 Å². The molecule has 0 aliphatic rings. The first kappa shape index (κ1) is 29.9. The van der Waals surface area contributed by atoms with Crippen molar-refractivity contribution < 1.29 is 29.4 Å². The van der Waals surface area contributed by atoms with Crippen molar-refractivity contribution in [3.63, 3.8) is 0 Å². The molecule has 186 valence electrons. The van der Waals surface area contributed by atoms with Crippen molar-refractivity contribution in [1.29, 1.82) is 0 Å². The highest BCUT2D eigenvalue weighted by atomic mass is 16.4. The number of carboxylic acid groups (broad SMARTS) is 2. The predicted molar refractivity (Wildman–Crippen MR) is 124 cm³/mol. The Balaban J connectivity index is 3.61. The van der Waals surface area contributed by atoms with Gasteiger partial charge in [-0.3, -0.25) is 14.4 Å². The smallest absolute Gasteiger partial charge is 0.326 e. The van der Waals surface area contributed by atoms with E-state index in [4.69, 9.17) is 5.11 Å². The van der Waals surface area contributed by atoms with E-state index in [1.54, 1.807) is 0 Å². The molecule has 0 aromatic rings. The van der Waals surface area contributed by atoms with Crippen LogP contribution in [0.1, 0.15) is 116 Å². The number of unbranched alkanes of at least 4 members (excludes halogenated alkanes) is 11. The van der Waals surface area contributed by atoms with Gasteiger partial charge in [-0.05, 0) is 25.7 Å². The second kappa shape index (κ2) is 20.8. The first-order chi connectivity index (χ1) is 15.4. The average molecular weight is 457 g/mol. The number of aliphatic carboxylic acids is 2. The van der Waals surface area contributed by atoms with Gasteiger partial charge in [0.2, 0.25) is 11.8 Å². The molecule has 8 nitrogen and oxygen atoms in total. The first-order valence-corrected chi connectivity index (χ1v) is 12.4. The molecule has 8 heteroatoms. The van der Waals surface area contributed by atoms with Crippen LogP contribution in [-0.2, 0) is 19.2 Å². The minimum Gasteiger partial charge on any atom is -0.481 e. The number of amides is 2. The average Bonchev–Trinajstić information content (AvgIpc) is 2.74. The van der Waals surface area contributed by atoms with E-state index in [0.29, 0.717) is 13.0 Å². The third kappa shape index (κ3) is 19.8. The summed E-state index contributed by atoms with van der Waals surface area (Å²) in [5, 5.41) is 23.1. The Kier molecular flexibility index (Phi) is 19.4. The minimum absolute atomic E-state index is 0.0853. The summed E-state index contributed by atoms with van der Waals surface area (Å²) in [6, 6.07) is -1.02. The molecule has 0 aliphatic heterocycles. The van der Waals surface area contributed by atoms with Crippen molar-refractivity contribution in [2.75, 3.05) is 6.54 Å². The van der Waals surface area contributed by atoms with E-state index in [0.717, 1.165) is 51.4 Å². The summed E-state index contributed by atoms with van der Waals surface area (Å²) < 4.78 is 0. The molecule has 0 spiro atoms. The topological polar surface area (TPSA) is 133 Å². The zero-order valence-corrected chi connectivity index (χ0v) is 19.8. The van der Waals surface area contributed by atoms with Crippen LogP contribution in [0.25, 0.3) is 0 Å². The Morgan fingerprint density at radius 2 is 1.12 bits per heavy atom. The van der Waals surface area contributed by atoms with Gasteiger partial charge in [-0.25, -0.2) is 4.79 Å². The molecule has 0 fully saturated rings. The maximum absolute atomic E-state index is 12.0. The molecule has 1 atom stereocenters. The summed E-state index contributed by atoms with van der Waals surface area (Å²) in [5.41, 5.74) is 0. The Morgan fingerprint density at radius 1 is 0.656 bits per heavy atom. The van der Waals surface area contributed by atoms with Gasteiger partial charge in [-0.15, -0.1) is 0 Å². The van der Waals surface area contributed by atoms with E-state index < -0.39 is 18.0 Å². The van der Waals surface area contributed by atoms with Crippen LogP contribution >= 0.6 is 0 Å². The van der Waals surface area contributed by atoms with E-state index in [1.165, 1.54) is 32.1 Å². The van der Waals surface area contributed by atoms with Crippen LogP contribution in [0.15, 0.2) is 0 Å². The van der Waals surface area contributed by atoms with E-state index in [1.807, 2.05) is 6.92 Å². The van der Waals surface area contributed by atoms with Crippen LogP contribution in [-0.4, -0.2) is 46.6 Å². The highest BCUT2D eigenvalue weighted by Gasteiger charge is 2.20. The maximum atomic E-state index is 12.0. The normalized spacial score (nSPS) is 11.7. The largest absolute Gasteiger partial charge is 0.481 e. The van der Waals surface area contributed by atoms with Gasteiger partial charge in [-0.1, -0.05) is 71.1 Å². The maximum Gasteiger partial charge on any atom is 0.326 e. The molecule has 0 heterocycles. The minimum atomic E-state index is -1.11. The lowest BCUT2D eigenvalue weighted by molar-refractivity contribution is -0.142. The molecule has 0 saturated heterocycles. The van der Waals surface area contributed by atoms with E-state index in [-0.39, 0.29) is 31.1 Å². The number of rotatable bonds is 22. The van der Waals surface area contributed by atoms with E-state index in [2.05, 4.69) is 10.6 Å². The molecule has 0 rings (SSSR count). The molecule has 0 saturated carbocycles.